The second-order valence-corrected chi connectivity index (χ2v) is 8.70. The molecule has 0 spiro atoms. The Kier molecular flexibility index (Phi) is 8.08. The minimum absolute atomic E-state index is 0.00240. The first-order valence-corrected chi connectivity index (χ1v) is 11.5. The van der Waals surface area contributed by atoms with Crippen LogP contribution in [0.25, 0.3) is 0 Å². The number of nitrogens with zero attached hydrogens (tertiary/aromatic N) is 1. The Morgan fingerprint density at radius 2 is 1.85 bits per heavy atom. The van der Waals surface area contributed by atoms with E-state index in [4.69, 9.17) is 4.74 Å². The fourth-order valence-electron chi connectivity index (χ4n) is 3.48. The summed E-state index contributed by atoms with van der Waals surface area (Å²) in [6, 6.07) is 9.42. The number of nitrogens with one attached hydrogen (secondary N) is 1. The molecule has 2 aromatic carbocycles. The Balaban J connectivity index is 1.61. The maximum atomic E-state index is 13.1. The van der Waals surface area contributed by atoms with Crippen molar-refractivity contribution in [3.63, 3.8) is 0 Å². The van der Waals surface area contributed by atoms with Crippen LogP contribution in [0.15, 0.2) is 48.5 Å². The van der Waals surface area contributed by atoms with Gasteiger partial charge >= 0.3 is 12.1 Å². The summed E-state index contributed by atoms with van der Waals surface area (Å²) in [6.07, 6.45) is -4.50. The SMILES string of the molecule is CC(=O)N1CSC[C@@H]1C(=O)N[C@@H](Cc1ccc(OCc2ccccc2C(F)(F)F)cc1)C(=O)O. The molecule has 1 fully saturated rings. The van der Waals surface area contributed by atoms with E-state index in [0.717, 1.165) is 6.07 Å². The number of amides is 2. The maximum absolute atomic E-state index is 13.1. The number of carbonyl (C=O) groups excluding carboxylic acids is 2. The van der Waals surface area contributed by atoms with Gasteiger partial charge in [0.25, 0.3) is 0 Å². The summed E-state index contributed by atoms with van der Waals surface area (Å²) < 4.78 is 44.8. The smallest absolute Gasteiger partial charge is 0.416 e. The van der Waals surface area contributed by atoms with E-state index in [1.165, 1.54) is 53.9 Å². The van der Waals surface area contributed by atoms with E-state index in [0.29, 0.717) is 22.9 Å². The molecule has 11 heteroatoms. The molecule has 1 heterocycles. The Morgan fingerprint density at radius 1 is 1.18 bits per heavy atom. The zero-order valence-corrected chi connectivity index (χ0v) is 19.0. The highest BCUT2D eigenvalue weighted by Gasteiger charge is 2.35. The molecule has 0 bridgehead atoms. The first-order valence-electron chi connectivity index (χ1n) is 10.3. The third-order valence-corrected chi connectivity index (χ3v) is 6.30. The molecule has 2 amide bonds. The molecular formula is C23H23F3N2O5S. The molecule has 34 heavy (non-hydrogen) atoms. The predicted molar refractivity (Wildman–Crippen MR) is 119 cm³/mol. The van der Waals surface area contributed by atoms with E-state index in [1.54, 1.807) is 12.1 Å². The quantitative estimate of drug-likeness (QED) is 0.582. The van der Waals surface area contributed by atoms with Gasteiger partial charge in [0, 0.05) is 24.7 Å². The molecule has 3 rings (SSSR count). The van der Waals surface area contributed by atoms with Crippen molar-refractivity contribution < 1.29 is 37.4 Å². The van der Waals surface area contributed by atoms with Crippen LogP contribution < -0.4 is 10.1 Å². The van der Waals surface area contributed by atoms with Crippen LogP contribution in [-0.2, 0) is 33.6 Å². The third kappa shape index (κ3) is 6.43. The Morgan fingerprint density at radius 3 is 2.47 bits per heavy atom. The Hall–Kier alpha value is -3.21. The number of thioether (sulfide) groups is 1. The van der Waals surface area contributed by atoms with Gasteiger partial charge in [-0.2, -0.15) is 13.2 Å². The molecule has 0 unspecified atom stereocenters. The number of aliphatic carboxylic acids is 1. The summed E-state index contributed by atoms with van der Waals surface area (Å²) in [5, 5.41) is 12.0. The number of hydrogen-bond acceptors (Lipinski definition) is 5. The van der Waals surface area contributed by atoms with Crippen LogP contribution in [0.3, 0.4) is 0 Å². The molecule has 0 saturated carbocycles. The van der Waals surface area contributed by atoms with E-state index in [1.807, 2.05) is 0 Å². The van der Waals surface area contributed by atoms with Crippen molar-refractivity contribution in [2.45, 2.75) is 38.2 Å². The summed E-state index contributed by atoms with van der Waals surface area (Å²) in [5.41, 5.74) is -0.187. The second kappa shape index (κ2) is 10.8. The number of alkyl halides is 3. The molecule has 2 atom stereocenters. The lowest BCUT2D eigenvalue weighted by Crippen LogP contribution is -2.52. The van der Waals surface area contributed by atoms with Crippen molar-refractivity contribution in [3.8, 4) is 5.75 Å². The number of halogens is 3. The third-order valence-electron chi connectivity index (χ3n) is 5.28. The van der Waals surface area contributed by atoms with Crippen molar-refractivity contribution in [1.82, 2.24) is 10.2 Å². The van der Waals surface area contributed by atoms with E-state index < -0.39 is 35.7 Å². The summed E-state index contributed by atoms with van der Waals surface area (Å²) in [7, 11) is 0. The number of carbonyl (C=O) groups is 3. The lowest BCUT2D eigenvalue weighted by Gasteiger charge is -2.23. The van der Waals surface area contributed by atoms with Crippen LogP contribution >= 0.6 is 11.8 Å². The Labute approximate surface area is 198 Å². The molecule has 2 N–H and O–H groups in total. The van der Waals surface area contributed by atoms with Gasteiger partial charge in [-0.3, -0.25) is 9.59 Å². The van der Waals surface area contributed by atoms with Gasteiger partial charge in [-0.15, -0.1) is 11.8 Å². The van der Waals surface area contributed by atoms with Crippen LogP contribution in [0, 0.1) is 0 Å². The zero-order chi connectivity index (χ0) is 24.9. The molecule has 1 saturated heterocycles. The number of carboxylic acid groups (broad SMARTS) is 1. The fraction of sp³-hybridized carbons (Fsp3) is 0.348. The summed E-state index contributed by atoms with van der Waals surface area (Å²) in [5.74, 6) is -0.933. The van der Waals surface area contributed by atoms with Crippen LogP contribution in [0.5, 0.6) is 5.75 Å². The second-order valence-electron chi connectivity index (χ2n) is 7.70. The van der Waals surface area contributed by atoms with Crippen molar-refractivity contribution >= 4 is 29.5 Å². The van der Waals surface area contributed by atoms with Gasteiger partial charge in [0.1, 0.15) is 24.4 Å². The predicted octanol–water partition coefficient (Wildman–Crippen LogP) is 3.32. The fourth-order valence-corrected chi connectivity index (χ4v) is 4.70. The number of hydrogen-bond donors (Lipinski definition) is 2. The van der Waals surface area contributed by atoms with Crippen molar-refractivity contribution in [3.05, 3.63) is 65.2 Å². The van der Waals surface area contributed by atoms with Gasteiger partial charge in [0.2, 0.25) is 11.8 Å². The average Bonchev–Trinajstić information content (AvgIpc) is 3.28. The van der Waals surface area contributed by atoms with E-state index in [9.17, 15) is 32.7 Å². The molecule has 1 aliphatic heterocycles. The van der Waals surface area contributed by atoms with Gasteiger partial charge in [-0.25, -0.2) is 4.79 Å². The first-order chi connectivity index (χ1) is 16.1. The van der Waals surface area contributed by atoms with E-state index in [-0.39, 0.29) is 24.5 Å². The molecule has 0 radical (unpaired) electrons. The highest BCUT2D eigenvalue weighted by atomic mass is 32.2. The molecular weight excluding hydrogens is 473 g/mol. The highest BCUT2D eigenvalue weighted by Crippen LogP contribution is 2.32. The molecule has 7 nitrogen and oxygen atoms in total. The van der Waals surface area contributed by atoms with Crippen LogP contribution in [0.4, 0.5) is 13.2 Å². The molecule has 0 aromatic heterocycles. The van der Waals surface area contributed by atoms with Gasteiger partial charge in [-0.05, 0) is 23.8 Å². The highest BCUT2D eigenvalue weighted by molar-refractivity contribution is 7.99. The monoisotopic (exact) mass is 496 g/mol. The van der Waals surface area contributed by atoms with Crippen LogP contribution in [-0.4, -0.2) is 51.5 Å². The largest absolute Gasteiger partial charge is 0.489 e. The molecule has 0 aliphatic carbocycles. The van der Waals surface area contributed by atoms with Gasteiger partial charge in [-0.1, -0.05) is 30.3 Å². The topological polar surface area (TPSA) is 95.9 Å². The summed E-state index contributed by atoms with van der Waals surface area (Å²) in [4.78, 5) is 37.3. The van der Waals surface area contributed by atoms with Crippen molar-refractivity contribution in [2.75, 3.05) is 11.6 Å². The lowest BCUT2D eigenvalue weighted by molar-refractivity contribution is -0.143. The van der Waals surface area contributed by atoms with Gasteiger partial charge < -0.3 is 20.1 Å². The Bertz CT molecular complexity index is 1050. The summed E-state index contributed by atoms with van der Waals surface area (Å²) in [6.45, 7) is 1.07. The number of benzene rings is 2. The van der Waals surface area contributed by atoms with Crippen LogP contribution in [0.2, 0.25) is 0 Å². The normalized spacial score (nSPS) is 16.7. The van der Waals surface area contributed by atoms with Crippen molar-refractivity contribution in [2.24, 2.45) is 0 Å². The lowest BCUT2D eigenvalue weighted by atomic mass is 10.1. The number of ether oxygens (including phenoxy) is 1. The maximum Gasteiger partial charge on any atom is 0.416 e. The van der Waals surface area contributed by atoms with E-state index >= 15 is 0 Å². The molecule has 182 valence electrons. The first kappa shape index (κ1) is 25.4. The standard InChI is InChI=1S/C23H23F3N2O5S/c1-14(29)28-13-34-12-20(28)21(30)27-19(22(31)32)10-15-6-8-17(9-7-15)33-11-16-4-2-3-5-18(16)23(24,25)26/h2-9,19-20H,10-13H2,1H3,(H,27,30)(H,31,32)/t19-,20+/m0/s1. The van der Waals surface area contributed by atoms with E-state index in [2.05, 4.69) is 5.32 Å². The van der Waals surface area contributed by atoms with Crippen LogP contribution in [0.1, 0.15) is 23.6 Å². The minimum Gasteiger partial charge on any atom is -0.489 e. The average molecular weight is 497 g/mol. The molecule has 2 aromatic rings. The van der Waals surface area contributed by atoms with Crippen molar-refractivity contribution in [1.29, 1.82) is 0 Å². The number of carboxylic acids is 1. The summed E-state index contributed by atoms with van der Waals surface area (Å²) >= 11 is 1.41. The van der Waals surface area contributed by atoms with Gasteiger partial charge in [0.15, 0.2) is 0 Å². The minimum atomic E-state index is -4.49. The number of rotatable bonds is 8. The molecule has 1 aliphatic rings. The zero-order valence-electron chi connectivity index (χ0n) is 18.2. The van der Waals surface area contributed by atoms with Gasteiger partial charge in [0.05, 0.1) is 11.4 Å².